The van der Waals surface area contributed by atoms with Gasteiger partial charge in [0, 0.05) is 24.5 Å². The monoisotopic (exact) mass is 185 g/mol. The minimum Gasteiger partial charge on any atom is -0.326 e. The number of rotatable bonds is 2. The Morgan fingerprint density at radius 3 is 2.14 bits per heavy atom. The lowest BCUT2D eigenvalue weighted by Gasteiger charge is -2.01. The van der Waals surface area contributed by atoms with E-state index in [0.29, 0.717) is 6.54 Å². The average Bonchev–Trinajstić information content (AvgIpc) is 2.30. The van der Waals surface area contributed by atoms with Gasteiger partial charge >= 0.3 is 0 Å². The van der Waals surface area contributed by atoms with Crippen LogP contribution in [0.5, 0.6) is 0 Å². The zero-order valence-corrected chi connectivity index (χ0v) is 7.72. The molecule has 0 aliphatic rings. The maximum Gasteiger partial charge on any atom is 0.115 e. The number of hydrogen-bond donors (Lipinski definition) is 1. The second kappa shape index (κ2) is 3.98. The summed E-state index contributed by atoms with van der Waals surface area (Å²) in [4.78, 5) is 7.94. The molecule has 2 rings (SSSR count). The Morgan fingerprint density at radius 2 is 1.57 bits per heavy atom. The molecule has 0 aliphatic carbocycles. The van der Waals surface area contributed by atoms with E-state index in [1.807, 2.05) is 24.3 Å². The summed E-state index contributed by atoms with van der Waals surface area (Å²) in [6, 6.07) is 8.09. The van der Waals surface area contributed by atoms with E-state index in [4.69, 9.17) is 5.73 Å². The van der Waals surface area contributed by atoms with E-state index in [-0.39, 0.29) is 0 Å². The molecule has 0 saturated carbocycles. The van der Waals surface area contributed by atoms with Gasteiger partial charge in [-0.05, 0) is 11.1 Å². The Bertz CT molecular complexity index is 395. The third-order valence-corrected chi connectivity index (χ3v) is 2.08. The van der Waals surface area contributed by atoms with Crippen molar-refractivity contribution in [3.05, 3.63) is 48.5 Å². The summed E-state index contributed by atoms with van der Waals surface area (Å²) in [6.07, 6.45) is 5.12. The Balaban J connectivity index is 2.34. The van der Waals surface area contributed by atoms with Crippen molar-refractivity contribution in [3.8, 4) is 11.1 Å². The lowest BCUT2D eigenvalue weighted by Crippen LogP contribution is -1.95. The summed E-state index contributed by atoms with van der Waals surface area (Å²) >= 11 is 0. The molecule has 0 unspecified atom stereocenters. The Morgan fingerprint density at radius 1 is 0.929 bits per heavy atom. The third-order valence-electron chi connectivity index (χ3n) is 2.08. The van der Waals surface area contributed by atoms with Gasteiger partial charge in [-0.2, -0.15) is 0 Å². The standard InChI is InChI=1S/C11H11N3/c12-5-9-1-3-10(4-2-9)11-6-13-8-14-7-11/h1-4,6-8H,5,12H2. The van der Waals surface area contributed by atoms with Crippen LogP contribution in [0.15, 0.2) is 43.0 Å². The Hall–Kier alpha value is -1.74. The van der Waals surface area contributed by atoms with Crippen LogP contribution in [0, 0.1) is 0 Å². The smallest absolute Gasteiger partial charge is 0.115 e. The van der Waals surface area contributed by atoms with Gasteiger partial charge in [0.05, 0.1) is 0 Å². The highest BCUT2D eigenvalue weighted by Gasteiger charge is 1.96. The minimum atomic E-state index is 0.575. The largest absolute Gasteiger partial charge is 0.326 e. The Labute approximate surface area is 82.6 Å². The fourth-order valence-electron chi connectivity index (χ4n) is 1.28. The van der Waals surface area contributed by atoms with Gasteiger partial charge in [0.1, 0.15) is 6.33 Å². The lowest BCUT2D eigenvalue weighted by atomic mass is 10.1. The summed E-state index contributed by atoms with van der Waals surface area (Å²) in [6.45, 7) is 0.575. The predicted molar refractivity (Wildman–Crippen MR) is 55.4 cm³/mol. The molecule has 0 bridgehead atoms. The van der Waals surface area contributed by atoms with Gasteiger partial charge < -0.3 is 5.73 Å². The SMILES string of the molecule is NCc1ccc(-c2cncnc2)cc1. The van der Waals surface area contributed by atoms with Crippen LogP contribution in [-0.2, 0) is 6.54 Å². The van der Waals surface area contributed by atoms with E-state index in [1.54, 1.807) is 12.4 Å². The molecule has 2 N–H and O–H groups in total. The predicted octanol–water partition coefficient (Wildman–Crippen LogP) is 1.60. The van der Waals surface area contributed by atoms with E-state index in [2.05, 4.69) is 9.97 Å². The van der Waals surface area contributed by atoms with Crippen molar-refractivity contribution in [2.24, 2.45) is 5.73 Å². The molecule has 0 atom stereocenters. The molecule has 14 heavy (non-hydrogen) atoms. The minimum absolute atomic E-state index is 0.575. The summed E-state index contributed by atoms with van der Waals surface area (Å²) in [5.41, 5.74) is 8.78. The molecule has 0 spiro atoms. The van der Waals surface area contributed by atoms with Crippen molar-refractivity contribution >= 4 is 0 Å². The topological polar surface area (TPSA) is 51.8 Å². The van der Waals surface area contributed by atoms with Crippen molar-refractivity contribution in [1.82, 2.24) is 9.97 Å². The molecule has 1 aromatic carbocycles. The molecule has 3 nitrogen and oxygen atoms in total. The summed E-state index contributed by atoms with van der Waals surface area (Å²) < 4.78 is 0. The zero-order chi connectivity index (χ0) is 9.80. The number of benzene rings is 1. The number of aromatic nitrogens is 2. The maximum absolute atomic E-state index is 5.51. The van der Waals surface area contributed by atoms with Gasteiger partial charge in [0.25, 0.3) is 0 Å². The Kier molecular flexibility index (Phi) is 2.51. The molecule has 70 valence electrons. The number of nitrogens with zero attached hydrogens (tertiary/aromatic N) is 2. The van der Waals surface area contributed by atoms with Crippen molar-refractivity contribution in [3.63, 3.8) is 0 Å². The van der Waals surface area contributed by atoms with Crippen molar-refractivity contribution in [2.75, 3.05) is 0 Å². The first kappa shape index (κ1) is 8.84. The first-order valence-corrected chi connectivity index (χ1v) is 4.44. The summed E-state index contributed by atoms with van der Waals surface area (Å²) in [5, 5.41) is 0. The summed E-state index contributed by atoms with van der Waals surface area (Å²) in [7, 11) is 0. The van der Waals surface area contributed by atoms with Crippen LogP contribution in [0.1, 0.15) is 5.56 Å². The molecule has 1 heterocycles. The molecule has 0 aliphatic heterocycles. The fourth-order valence-corrected chi connectivity index (χ4v) is 1.28. The van der Waals surface area contributed by atoms with E-state index in [0.717, 1.165) is 16.7 Å². The van der Waals surface area contributed by atoms with Gasteiger partial charge in [0.15, 0.2) is 0 Å². The quantitative estimate of drug-likeness (QED) is 0.773. The maximum atomic E-state index is 5.51. The van der Waals surface area contributed by atoms with E-state index in [9.17, 15) is 0 Å². The van der Waals surface area contributed by atoms with Crippen LogP contribution < -0.4 is 5.73 Å². The lowest BCUT2D eigenvalue weighted by molar-refractivity contribution is 1.07. The van der Waals surface area contributed by atoms with Crippen molar-refractivity contribution < 1.29 is 0 Å². The molecule has 2 aromatic rings. The summed E-state index contributed by atoms with van der Waals surface area (Å²) in [5.74, 6) is 0. The molecule has 0 saturated heterocycles. The van der Waals surface area contributed by atoms with E-state index in [1.165, 1.54) is 6.33 Å². The van der Waals surface area contributed by atoms with Crippen LogP contribution in [0.4, 0.5) is 0 Å². The van der Waals surface area contributed by atoms with E-state index >= 15 is 0 Å². The van der Waals surface area contributed by atoms with Crippen molar-refractivity contribution in [1.29, 1.82) is 0 Å². The van der Waals surface area contributed by atoms with Gasteiger partial charge in [-0.1, -0.05) is 24.3 Å². The van der Waals surface area contributed by atoms with Crippen LogP contribution in [0.2, 0.25) is 0 Å². The normalized spacial score (nSPS) is 10.1. The first-order chi connectivity index (χ1) is 6.90. The average molecular weight is 185 g/mol. The van der Waals surface area contributed by atoms with Crippen LogP contribution in [-0.4, -0.2) is 9.97 Å². The first-order valence-electron chi connectivity index (χ1n) is 4.44. The second-order valence-electron chi connectivity index (χ2n) is 3.03. The molecule has 0 amide bonds. The third kappa shape index (κ3) is 1.78. The number of nitrogens with two attached hydrogens (primary N) is 1. The van der Waals surface area contributed by atoms with Crippen LogP contribution in [0.3, 0.4) is 0 Å². The van der Waals surface area contributed by atoms with Gasteiger partial charge in [-0.15, -0.1) is 0 Å². The number of hydrogen-bond acceptors (Lipinski definition) is 3. The van der Waals surface area contributed by atoms with Gasteiger partial charge in [-0.3, -0.25) is 0 Å². The highest BCUT2D eigenvalue weighted by molar-refractivity contribution is 5.61. The molecule has 1 aromatic heterocycles. The van der Waals surface area contributed by atoms with Gasteiger partial charge in [-0.25, -0.2) is 9.97 Å². The molecule has 0 radical (unpaired) electrons. The second-order valence-corrected chi connectivity index (χ2v) is 3.03. The van der Waals surface area contributed by atoms with Crippen LogP contribution >= 0.6 is 0 Å². The molecule has 0 fully saturated rings. The highest BCUT2D eigenvalue weighted by atomic mass is 14.8. The molecular formula is C11H11N3. The molecule has 3 heteroatoms. The van der Waals surface area contributed by atoms with E-state index < -0.39 is 0 Å². The highest BCUT2D eigenvalue weighted by Crippen LogP contribution is 2.17. The zero-order valence-electron chi connectivity index (χ0n) is 7.72. The van der Waals surface area contributed by atoms with Crippen molar-refractivity contribution in [2.45, 2.75) is 6.54 Å². The fraction of sp³-hybridized carbons (Fsp3) is 0.0909. The molecular weight excluding hydrogens is 174 g/mol. The van der Waals surface area contributed by atoms with Crippen LogP contribution in [0.25, 0.3) is 11.1 Å². The van der Waals surface area contributed by atoms with Gasteiger partial charge in [0.2, 0.25) is 0 Å².